The number of nitrogens with zero attached hydrogens (tertiary/aromatic N) is 1. The second-order valence-electron chi connectivity index (χ2n) is 6.49. The van der Waals surface area contributed by atoms with Crippen LogP contribution in [0.2, 0.25) is 0 Å². The van der Waals surface area contributed by atoms with Gasteiger partial charge in [0.05, 0.1) is 12.4 Å². The molecule has 2 fully saturated rings. The fourth-order valence-electron chi connectivity index (χ4n) is 3.18. The van der Waals surface area contributed by atoms with E-state index < -0.39 is 16.1 Å². The van der Waals surface area contributed by atoms with Gasteiger partial charge in [-0.05, 0) is 18.4 Å². The van der Waals surface area contributed by atoms with Crippen molar-refractivity contribution >= 4 is 15.9 Å². The molecule has 7 nitrogen and oxygen atoms in total. The predicted octanol–water partition coefficient (Wildman–Crippen LogP) is 0.0854. The minimum atomic E-state index is -3.32. The van der Waals surface area contributed by atoms with Crippen molar-refractivity contribution in [1.29, 1.82) is 0 Å². The lowest BCUT2D eigenvalue weighted by molar-refractivity contribution is -0.135. The zero-order valence-corrected chi connectivity index (χ0v) is 15.0. The van der Waals surface area contributed by atoms with E-state index in [0.29, 0.717) is 39.1 Å². The van der Waals surface area contributed by atoms with Crippen molar-refractivity contribution in [2.45, 2.75) is 30.7 Å². The van der Waals surface area contributed by atoms with Crippen molar-refractivity contribution in [3.8, 4) is 0 Å². The molecule has 0 aliphatic carbocycles. The number of ether oxygens (including phenoxy) is 1. The van der Waals surface area contributed by atoms with E-state index in [2.05, 4.69) is 10.6 Å². The van der Waals surface area contributed by atoms with Gasteiger partial charge in [-0.1, -0.05) is 30.3 Å². The van der Waals surface area contributed by atoms with Gasteiger partial charge in [-0.2, -0.15) is 0 Å². The Bertz CT molecular complexity index is 666. The minimum absolute atomic E-state index is 0.00111. The van der Waals surface area contributed by atoms with Crippen LogP contribution in [-0.2, 0) is 25.3 Å². The Morgan fingerprint density at radius 3 is 2.60 bits per heavy atom. The Balaban J connectivity index is 1.48. The van der Waals surface area contributed by atoms with Crippen LogP contribution in [0.5, 0.6) is 0 Å². The maximum atomic E-state index is 12.5. The lowest BCUT2D eigenvalue weighted by atomic mass is 10.1. The second kappa shape index (κ2) is 8.27. The Morgan fingerprint density at radius 1 is 1.24 bits per heavy atom. The lowest BCUT2D eigenvalue weighted by Crippen LogP contribution is -2.53. The van der Waals surface area contributed by atoms with Crippen LogP contribution in [0.25, 0.3) is 0 Å². The lowest BCUT2D eigenvalue weighted by Gasteiger charge is -2.33. The molecule has 2 heterocycles. The van der Waals surface area contributed by atoms with Crippen LogP contribution in [0.4, 0.5) is 0 Å². The van der Waals surface area contributed by atoms with Gasteiger partial charge in [0.15, 0.2) is 0 Å². The number of carbonyl (C=O) groups is 1. The quantitative estimate of drug-likeness (QED) is 0.770. The summed E-state index contributed by atoms with van der Waals surface area (Å²) >= 11 is 0. The highest BCUT2D eigenvalue weighted by Gasteiger charge is 2.30. The molecule has 25 heavy (non-hydrogen) atoms. The summed E-state index contributed by atoms with van der Waals surface area (Å²) in [6.07, 6.45) is 0.799. The first-order valence-electron chi connectivity index (χ1n) is 8.69. The highest BCUT2D eigenvalue weighted by molar-refractivity contribution is 7.88. The van der Waals surface area contributed by atoms with Gasteiger partial charge < -0.3 is 15.4 Å². The Morgan fingerprint density at radius 2 is 1.96 bits per heavy atom. The number of hydrogen-bond acceptors (Lipinski definition) is 5. The molecule has 2 saturated heterocycles. The molecule has 1 unspecified atom stereocenters. The minimum Gasteiger partial charge on any atom is -0.366 e. The molecule has 1 atom stereocenters. The topological polar surface area (TPSA) is 87.7 Å². The van der Waals surface area contributed by atoms with Gasteiger partial charge >= 0.3 is 0 Å². The SMILES string of the molecule is O=C(NC1CCN(S(=O)(=O)Cc2ccccc2)CC1)C1CNCCO1. The Hall–Kier alpha value is -1.48. The third-order valence-electron chi connectivity index (χ3n) is 4.61. The first-order chi connectivity index (χ1) is 12.0. The largest absolute Gasteiger partial charge is 0.366 e. The van der Waals surface area contributed by atoms with E-state index in [9.17, 15) is 13.2 Å². The highest BCUT2D eigenvalue weighted by Crippen LogP contribution is 2.18. The van der Waals surface area contributed by atoms with Crippen LogP contribution in [0.3, 0.4) is 0 Å². The van der Waals surface area contributed by atoms with Crippen molar-refractivity contribution in [1.82, 2.24) is 14.9 Å². The summed E-state index contributed by atoms with van der Waals surface area (Å²) in [6.45, 7) is 2.69. The van der Waals surface area contributed by atoms with Gasteiger partial charge in [0.2, 0.25) is 10.0 Å². The average Bonchev–Trinajstić information content (AvgIpc) is 2.63. The normalized spacial score (nSPS) is 23.3. The fraction of sp³-hybridized carbons (Fsp3) is 0.588. The van der Waals surface area contributed by atoms with Crippen molar-refractivity contribution in [2.24, 2.45) is 0 Å². The van der Waals surface area contributed by atoms with Crippen molar-refractivity contribution < 1.29 is 17.9 Å². The molecule has 2 aliphatic heterocycles. The first kappa shape index (κ1) is 18.3. The maximum Gasteiger partial charge on any atom is 0.250 e. The standard InChI is InChI=1S/C17H25N3O4S/c21-17(16-12-18-8-11-24-16)19-15-6-9-20(10-7-15)25(22,23)13-14-4-2-1-3-5-14/h1-5,15-16,18H,6-13H2,(H,19,21). The number of sulfonamides is 1. The van der Waals surface area contributed by atoms with Gasteiger partial charge in [0, 0.05) is 32.2 Å². The van der Waals surface area contributed by atoms with Crippen LogP contribution in [0.15, 0.2) is 30.3 Å². The van der Waals surface area contributed by atoms with Crippen LogP contribution in [-0.4, -0.2) is 63.6 Å². The van der Waals surface area contributed by atoms with Gasteiger partial charge in [0.25, 0.3) is 5.91 Å². The number of piperidine rings is 1. The average molecular weight is 367 g/mol. The van der Waals surface area contributed by atoms with E-state index in [1.54, 1.807) is 0 Å². The van der Waals surface area contributed by atoms with Crippen LogP contribution < -0.4 is 10.6 Å². The summed E-state index contributed by atoms with van der Waals surface area (Å²) in [4.78, 5) is 12.2. The van der Waals surface area contributed by atoms with Crippen LogP contribution in [0, 0.1) is 0 Å². The summed E-state index contributed by atoms with van der Waals surface area (Å²) < 4.78 is 32.1. The molecule has 8 heteroatoms. The van der Waals surface area contributed by atoms with Gasteiger partial charge in [-0.25, -0.2) is 12.7 Å². The molecule has 2 aliphatic rings. The first-order valence-corrected chi connectivity index (χ1v) is 10.3. The number of carbonyl (C=O) groups excluding carboxylic acids is 1. The molecular weight excluding hydrogens is 342 g/mol. The van der Waals surface area contributed by atoms with Gasteiger partial charge in [-0.15, -0.1) is 0 Å². The van der Waals surface area contributed by atoms with E-state index in [0.717, 1.165) is 12.1 Å². The predicted molar refractivity (Wildman–Crippen MR) is 94.4 cm³/mol. The second-order valence-corrected chi connectivity index (χ2v) is 8.46. The molecule has 0 saturated carbocycles. The summed E-state index contributed by atoms with van der Waals surface area (Å²) in [5, 5.41) is 6.11. The zero-order valence-electron chi connectivity index (χ0n) is 14.2. The number of hydrogen-bond donors (Lipinski definition) is 2. The van der Waals surface area contributed by atoms with E-state index in [4.69, 9.17) is 4.74 Å². The Labute approximate surface area is 148 Å². The summed E-state index contributed by atoms with van der Waals surface area (Å²) in [5.74, 6) is -0.0929. The van der Waals surface area contributed by atoms with Gasteiger partial charge in [0.1, 0.15) is 6.10 Å². The summed E-state index contributed by atoms with van der Waals surface area (Å²) in [5.41, 5.74) is 0.792. The highest BCUT2D eigenvalue weighted by atomic mass is 32.2. The van der Waals surface area contributed by atoms with E-state index >= 15 is 0 Å². The smallest absolute Gasteiger partial charge is 0.250 e. The number of morpholine rings is 1. The van der Waals surface area contributed by atoms with Gasteiger partial charge in [-0.3, -0.25) is 4.79 Å². The van der Waals surface area contributed by atoms with E-state index in [-0.39, 0.29) is 17.7 Å². The molecule has 1 aromatic carbocycles. The molecule has 0 bridgehead atoms. The number of benzene rings is 1. The molecule has 0 spiro atoms. The molecule has 0 radical (unpaired) electrons. The van der Waals surface area contributed by atoms with Crippen LogP contribution in [0.1, 0.15) is 18.4 Å². The number of rotatable bonds is 5. The molecular formula is C17H25N3O4S. The Kier molecular flexibility index (Phi) is 6.06. The summed E-state index contributed by atoms with van der Waals surface area (Å²) in [6, 6.07) is 9.20. The molecule has 138 valence electrons. The van der Waals surface area contributed by atoms with Crippen molar-refractivity contribution in [3.63, 3.8) is 0 Å². The third-order valence-corrected chi connectivity index (χ3v) is 6.46. The fourth-order valence-corrected chi connectivity index (χ4v) is 4.75. The third kappa shape index (κ3) is 5.01. The molecule has 0 aromatic heterocycles. The summed E-state index contributed by atoms with van der Waals surface area (Å²) in [7, 11) is -3.32. The van der Waals surface area contributed by atoms with Crippen LogP contribution >= 0.6 is 0 Å². The molecule has 3 rings (SSSR count). The number of nitrogens with one attached hydrogen (secondary N) is 2. The number of amides is 1. The van der Waals surface area contributed by atoms with E-state index in [1.165, 1.54) is 4.31 Å². The molecule has 1 aromatic rings. The molecule has 1 amide bonds. The maximum absolute atomic E-state index is 12.5. The van der Waals surface area contributed by atoms with Crippen molar-refractivity contribution in [3.05, 3.63) is 35.9 Å². The monoisotopic (exact) mass is 367 g/mol. The van der Waals surface area contributed by atoms with E-state index in [1.807, 2.05) is 30.3 Å². The van der Waals surface area contributed by atoms with Crippen molar-refractivity contribution in [2.75, 3.05) is 32.8 Å². The zero-order chi connectivity index (χ0) is 17.7. The molecule has 2 N–H and O–H groups in total.